The van der Waals surface area contributed by atoms with Gasteiger partial charge in [0, 0.05) is 23.4 Å². The molecule has 0 aliphatic carbocycles. The molecule has 13 heteroatoms. The number of carboxylic acids is 1. The second-order valence-corrected chi connectivity index (χ2v) is 7.64. The van der Waals surface area contributed by atoms with E-state index >= 15 is 0 Å². The first kappa shape index (κ1) is 26.6. The van der Waals surface area contributed by atoms with Crippen LogP contribution in [0.25, 0.3) is 16.6 Å². The van der Waals surface area contributed by atoms with Crippen LogP contribution < -0.4 is 4.74 Å². The van der Waals surface area contributed by atoms with Crippen molar-refractivity contribution in [3.8, 4) is 17.0 Å². The fourth-order valence-electron chi connectivity index (χ4n) is 3.35. The third-order valence-electron chi connectivity index (χ3n) is 4.94. The fourth-order valence-corrected chi connectivity index (χ4v) is 3.35. The van der Waals surface area contributed by atoms with E-state index in [0.29, 0.717) is 12.4 Å². The molecule has 1 aromatic carbocycles. The van der Waals surface area contributed by atoms with Crippen molar-refractivity contribution < 1.29 is 41.7 Å². The van der Waals surface area contributed by atoms with E-state index in [1.165, 1.54) is 18.2 Å². The molecule has 0 aliphatic heterocycles. The summed E-state index contributed by atoms with van der Waals surface area (Å²) in [6.45, 7) is 3.94. The van der Waals surface area contributed by atoms with E-state index in [-0.39, 0.29) is 18.8 Å². The summed E-state index contributed by atoms with van der Waals surface area (Å²) in [6.07, 6.45) is -1.52. The topological polar surface area (TPSA) is 102 Å². The van der Waals surface area contributed by atoms with Crippen LogP contribution >= 0.6 is 0 Å². The van der Waals surface area contributed by atoms with Crippen molar-refractivity contribution in [3.63, 3.8) is 0 Å². The Bertz CT molecular complexity index is 1360. The molecule has 0 atom stereocenters. The van der Waals surface area contributed by atoms with Crippen LogP contribution in [0.15, 0.2) is 42.7 Å². The molecule has 0 saturated heterocycles. The van der Waals surface area contributed by atoms with Crippen LogP contribution in [-0.2, 0) is 17.9 Å². The molecule has 3 aromatic heterocycles. The van der Waals surface area contributed by atoms with Crippen LogP contribution in [0.3, 0.4) is 0 Å². The molecule has 8 nitrogen and oxygen atoms in total. The number of carboxylic acid groups (broad SMARTS) is 1. The summed E-state index contributed by atoms with van der Waals surface area (Å²) in [5.41, 5.74) is 4.11. The summed E-state index contributed by atoms with van der Waals surface area (Å²) in [5, 5.41) is 25.0. The van der Waals surface area contributed by atoms with Gasteiger partial charge in [0.2, 0.25) is 5.88 Å². The SMILES string of the molecule is Cc1cc(OCc2c(F)cccc2F)n2nc(C)c(-c3cnn(CCO)c3)c2c1.O=C(O)C(F)(F)F. The van der Waals surface area contributed by atoms with Gasteiger partial charge in [0.1, 0.15) is 18.2 Å². The highest BCUT2D eigenvalue weighted by Crippen LogP contribution is 2.31. The Kier molecular flexibility index (Phi) is 7.93. The number of aryl methyl sites for hydroxylation is 2. The van der Waals surface area contributed by atoms with E-state index in [9.17, 15) is 22.0 Å². The highest BCUT2D eigenvalue weighted by Gasteiger charge is 2.38. The maximum absolute atomic E-state index is 13.9. The summed E-state index contributed by atoms with van der Waals surface area (Å²) < 4.78 is 68.6. The molecular weight excluding hydrogens is 491 g/mol. The number of aromatic nitrogens is 4. The number of hydrogen-bond donors (Lipinski definition) is 2. The van der Waals surface area contributed by atoms with Gasteiger partial charge in [-0.15, -0.1) is 0 Å². The molecule has 0 spiro atoms. The maximum atomic E-state index is 13.9. The number of pyridine rings is 1. The molecule has 0 unspecified atom stereocenters. The molecule has 4 rings (SSSR count). The largest absolute Gasteiger partial charge is 0.490 e. The van der Waals surface area contributed by atoms with Crippen LogP contribution in [0, 0.1) is 25.5 Å². The van der Waals surface area contributed by atoms with Gasteiger partial charge in [-0.1, -0.05) is 6.07 Å². The Morgan fingerprint density at radius 1 is 1.14 bits per heavy atom. The molecule has 2 N–H and O–H groups in total. The Balaban J connectivity index is 0.000000454. The molecule has 0 bridgehead atoms. The number of benzene rings is 1. The Hall–Kier alpha value is -4.00. The van der Waals surface area contributed by atoms with Crippen LogP contribution in [-0.4, -0.2) is 48.4 Å². The average Bonchev–Trinajstić information content (AvgIpc) is 3.36. The molecule has 192 valence electrons. The number of nitrogens with zero attached hydrogens (tertiary/aromatic N) is 4. The lowest BCUT2D eigenvalue weighted by Gasteiger charge is -2.11. The molecule has 4 aromatic rings. The normalized spacial score (nSPS) is 11.3. The third kappa shape index (κ3) is 5.97. The first-order valence-corrected chi connectivity index (χ1v) is 10.4. The Morgan fingerprint density at radius 3 is 2.36 bits per heavy atom. The lowest BCUT2D eigenvalue weighted by molar-refractivity contribution is -0.192. The van der Waals surface area contributed by atoms with Gasteiger partial charge in [-0.25, -0.2) is 18.1 Å². The van der Waals surface area contributed by atoms with Gasteiger partial charge < -0.3 is 14.9 Å². The van der Waals surface area contributed by atoms with Gasteiger partial charge in [-0.3, -0.25) is 4.68 Å². The predicted molar refractivity (Wildman–Crippen MR) is 117 cm³/mol. The number of aliphatic hydroxyl groups excluding tert-OH is 1. The minimum Gasteiger partial charge on any atom is -0.475 e. The summed E-state index contributed by atoms with van der Waals surface area (Å²) >= 11 is 0. The highest BCUT2D eigenvalue weighted by atomic mass is 19.4. The summed E-state index contributed by atoms with van der Waals surface area (Å²) in [7, 11) is 0. The molecular formula is C23H21F5N4O4. The first-order chi connectivity index (χ1) is 16.9. The van der Waals surface area contributed by atoms with E-state index in [4.69, 9.17) is 19.7 Å². The van der Waals surface area contributed by atoms with Gasteiger partial charge in [0.05, 0.1) is 36.1 Å². The van der Waals surface area contributed by atoms with Crippen molar-refractivity contribution in [1.82, 2.24) is 19.4 Å². The zero-order chi connectivity index (χ0) is 26.6. The smallest absolute Gasteiger partial charge is 0.475 e. The van der Waals surface area contributed by atoms with Crippen molar-refractivity contribution >= 4 is 11.5 Å². The standard InChI is InChI=1S/C21H20F2N4O2.C2HF3O2/c1-13-8-19-21(15-10-24-26(11-15)6-7-28)14(2)25-27(19)20(9-13)29-12-16-17(22)4-3-5-18(16)23;3-2(4,5)1(6)7/h3-5,8-11,28H,6-7,12H2,1-2H3;(H,6,7). The van der Waals surface area contributed by atoms with Crippen LogP contribution in [0.4, 0.5) is 22.0 Å². The minimum absolute atomic E-state index is 0.00143. The second-order valence-electron chi connectivity index (χ2n) is 7.64. The number of aliphatic hydroxyl groups is 1. The van der Waals surface area contributed by atoms with E-state index < -0.39 is 23.8 Å². The van der Waals surface area contributed by atoms with Gasteiger partial charge in [0.15, 0.2) is 0 Å². The van der Waals surface area contributed by atoms with Crippen LogP contribution in [0.1, 0.15) is 16.8 Å². The zero-order valence-electron chi connectivity index (χ0n) is 19.1. The van der Waals surface area contributed by atoms with E-state index in [0.717, 1.165) is 27.9 Å². The molecule has 36 heavy (non-hydrogen) atoms. The average molecular weight is 512 g/mol. The lowest BCUT2D eigenvalue weighted by atomic mass is 10.1. The lowest BCUT2D eigenvalue weighted by Crippen LogP contribution is -2.21. The third-order valence-corrected chi connectivity index (χ3v) is 4.94. The molecule has 3 heterocycles. The number of halogens is 5. The number of fused-ring (bicyclic) bond motifs is 1. The van der Waals surface area contributed by atoms with Gasteiger partial charge in [-0.2, -0.15) is 23.4 Å². The monoisotopic (exact) mass is 512 g/mol. The number of carbonyl (C=O) groups is 1. The Morgan fingerprint density at radius 2 is 1.78 bits per heavy atom. The number of ether oxygens (including phenoxy) is 1. The number of aliphatic carboxylic acids is 1. The van der Waals surface area contributed by atoms with Crippen molar-refractivity contribution in [2.75, 3.05) is 6.61 Å². The van der Waals surface area contributed by atoms with Gasteiger partial charge >= 0.3 is 12.1 Å². The van der Waals surface area contributed by atoms with Crippen molar-refractivity contribution in [1.29, 1.82) is 0 Å². The van der Waals surface area contributed by atoms with Gasteiger partial charge in [0.25, 0.3) is 0 Å². The summed E-state index contributed by atoms with van der Waals surface area (Å²) in [5.74, 6) is -3.67. The number of rotatable bonds is 6. The van der Waals surface area contributed by atoms with E-state index in [1.54, 1.807) is 21.5 Å². The van der Waals surface area contributed by atoms with E-state index in [1.807, 2.05) is 26.1 Å². The first-order valence-electron chi connectivity index (χ1n) is 10.4. The van der Waals surface area contributed by atoms with Crippen molar-refractivity contribution in [3.05, 3.63) is 71.2 Å². The van der Waals surface area contributed by atoms with Crippen molar-refractivity contribution in [2.45, 2.75) is 33.2 Å². The maximum Gasteiger partial charge on any atom is 0.490 e. The highest BCUT2D eigenvalue weighted by molar-refractivity contribution is 5.82. The second kappa shape index (κ2) is 10.7. The molecule has 0 fully saturated rings. The van der Waals surface area contributed by atoms with Crippen molar-refractivity contribution in [2.24, 2.45) is 0 Å². The molecule has 0 saturated carbocycles. The minimum atomic E-state index is -5.08. The number of alkyl halides is 3. The van der Waals surface area contributed by atoms with Crippen LogP contribution in [0.5, 0.6) is 5.88 Å². The summed E-state index contributed by atoms with van der Waals surface area (Å²) in [4.78, 5) is 8.90. The van der Waals surface area contributed by atoms with Crippen LogP contribution in [0.2, 0.25) is 0 Å². The van der Waals surface area contributed by atoms with Gasteiger partial charge in [-0.05, 0) is 37.6 Å². The molecule has 0 amide bonds. The Labute approximate surface area is 201 Å². The predicted octanol–water partition coefficient (Wildman–Crippen LogP) is 4.30. The molecule has 0 radical (unpaired) electrons. The number of hydrogen-bond acceptors (Lipinski definition) is 5. The van der Waals surface area contributed by atoms with E-state index in [2.05, 4.69) is 10.2 Å². The quantitative estimate of drug-likeness (QED) is 0.374. The summed E-state index contributed by atoms with van der Waals surface area (Å²) in [6, 6.07) is 7.47. The molecule has 0 aliphatic rings. The fraction of sp³-hybridized carbons (Fsp3) is 0.261. The zero-order valence-corrected chi connectivity index (χ0v) is 19.1.